The number of nitrogens with two attached hydrogens (primary N) is 1. The van der Waals surface area contributed by atoms with Crippen molar-refractivity contribution in [1.82, 2.24) is 4.98 Å². The fourth-order valence-corrected chi connectivity index (χ4v) is 2.53. The minimum Gasteiger partial charge on any atom is -0.398 e. The molecule has 3 N–H and O–H groups in total. The average Bonchev–Trinajstić information content (AvgIpc) is 2.80. The predicted octanol–water partition coefficient (Wildman–Crippen LogP) is 2.60. The first-order valence-corrected chi connectivity index (χ1v) is 6.89. The van der Waals surface area contributed by atoms with Crippen LogP contribution < -0.4 is 11.1 Å². The molecule has 0 saturated heterocycles. The molecule has 0 aliphatic rings. The number of carbonyl (C=O) groups is 1. The fourth-order valence-electron chi connectivity index (χ4n) is 1.23. The van der Waals surface area contributed by atoms with Crippen LogP contribution in [0.5, 0.6) is 0 Å². The number of benzene rings is 1. The summed E-state index contributed by atoms with van der Waals surface area (Å²) in [7, 11) is 0. The SMILES string of the molecule is Nc1cc(F)ccc1SCC(=O)Nc1nccs1. The molecule has 0 spiro atoms. The van der Waals surface area contributed by atoms with Gasteiger partial charge in [-0.1, -0.05) is 0 Å². The smallest absolute Gasteiger partial charge is 0.236 e. The molecule has 1 aromatic carbocycles. The standard InChI is InChI=1S/C11H10FN3OS2/c12-7-1-2-9(8(13)5-7)18-6-10(16)15-11-14-3-4-17-11/h1-5H,6,13H2,(H,14,15,16). The summed E-state index contributed by atoms with van der Waals surface area (Å²) in [6.07, 6.45) is 1.62. The average molecular weight is 283 g/mol. The summed E-state index contributed by atoms with van der Waals surface area (Å²) in [4.78, 5) is 16.2. The Kier molecular flexibility index (Phi) is 4.16. The highest BCUT2D eigenvalue weighted by atomic mass is 32.2. The van der Waals surface area contributed by atoms with E-state index >= 15 is 0 Å². The summed E-state index contributed by atoms with van der Waals surface area (Å²) in [6, 6.07) is 4.12. The Morgan fingerprint density at radius 2 is 2.39 bits per heavy atom. The van der Waals surface area contributed by atoms with Crippen LogP contribution in [-0.4, -0.2) is 16.6 Å². The Morgan fingerprint density at radius 3 is 3.06 bits per heavy atom. The zero-order valence-corrected chi connectivity index (χ0v) is 10.9. The second-order valence-corrected chi connectivity index (χ2v) is 5.27. The van der Waals surface area contributed by atoms with Gasteiger partial charge in [0.15, 0.2) is 5.13 Å². The van der Waals surface area contributed by atoms with Gasteiger partial charge >= 0.3 is 0 Å². The van der Waals surface area contributed by atoms with E-state index in [0.29, 0.717) is 15.7 Å². The number of halogens is 1. The van der Waals surface area contributed by atoms with E-state index in [1.165, 1.54) is 35.2 Å². The monoisotopic (exact) mass is 283 g/mol. The number of aromatic nitrogens is 1. The maximum Gasteiger partial charge on any atom is 0.236 e. The number of carbonyl (C=O) groups excluding carboxylic acids is 1. The number of thiazole rings is 1. The summed E-state index contributed by atoms with van der Waals surface area (Å²) in [5, 5.41) is 5.00. The largest absolute Gasteiger partial charge is 0.398 e. The van der Waals surface area contributed by atoms with Crippen LogP contribution in [-0.2, 0) is 4.79 Å². The molecule has 7 heteroatoms. The number of hydrogen-bond acceptors (Lipinski definition) is 5. The lowest BCUT2D eigenvalue weighted by molar-refractivity contribution is -0.113. The Bertz CT molecular complexity index is 545. The number of nitrogens with zero attached hydrogens (tertiary/aromatic N) is 1. The van der Waals surface area contributed by atoms with Gasteiger partial charge in [0.25, 0.3) is 0 Å². The lowest BCUT2D eigenvalue weighted by atomic mass is 10.3. The Balaban J connectivity index is 1.89. The summed E-state index contributed by atoms with van der Waals surface area (Å²) in [6.45, 7) is 0. The van der Waals surface area contributed by atoms with Crippen LogP contribution in [0.25, 0.3) is 0 Å². The van der Waals surface area contributed by atoms with Gasteiger partial charge in [-0.3, -0.25) is 4.79 Å². The van der Waals surface area contributed by atoms with Crippen LogP contribution in [0.15, 0.2) is 34.7 Å². The molecule has 0 aliphatic carbocycles. The van der Waals surface area contributed by atoms with Crippen molar-refractivity contribution in [1.29, 1.82) is 0 Å². The highest BCUT2D eigenvalue weighted by Crippen LogP contribution is 2.25. The van der Waals surface area contributed by atoms with Crippen LogP contribution >= 0.6 is 23.1 Å². The number of hydrogen-bond donors (Lipinski definition) is 2. The molecule has 0 saturated carbocycles. The quantitative estimate of drug-likeness (QED) is 0.668. The first-order chi connectivity index (χ1) is 8.65. The van der Waals surface area contributed by atoms with Gasteiger partial charge in [-0.15, -0.1) is 23.1 Å². The molecule has 0 fully saturated rings. The van der Waals surface area contributed by atoms with E-state index in [0.717, 1.165) is 0 Å². The Labute approximate surface area is 111 Å². The summed E-state index contributed by atoms with van der Waals surface area (Å²) < 4.78 is 12.8. The van der Waals surface area contributed by atoms with Crippen LogP contribution in [0.1, 0.15) is 0 Å². The van der Waals surface area contributed by atoms with Gasteiger partial charge in [-0.2, -0.15) is 0 Å². The predicted molar refractivity (Wildman–Crippen MR) is 72.3 cm³/mol. The number of rotatable bonds is 4. The molecule has 2 aromatic rings. The van der Waals surface area contributed by atoms with E-state index in [2.05, 4.69) is 10.3 Å². The van der Waals surface area contributed by atoms with Crippen molar-refractivity contribution in [2.75, 3.05) is 16.8 Å². The van der Waals surface area contributed by atoms with Crippen molar-refractivity contribution in [3.63, 3.8) is 0 Å². The van der Waals surface area contributed by atoms with E-state index < -0.39 is 0 Å². The molecule has 1 heterocycles. The summed E-state index contributed by atoms with van der Waals surface area (Å²) in [5.41, 5.74) is 5.98. The number of nitrogen functional groups attached to an aromatic ring is 1. The molecule has 0 atom stereocenters. The van der Waals surface area contributed by atoms with Crippen LogP contribution in [0.3, 0.4) is 0 Å². The second-order valence-electron chi connectivity index (χ2n) is 3.36. The van der Waals surface area contributed by atoms with E-state index in [-0.39, 0.29) is 17.5 Å². The molecular weight excluding hydrogens is 273 g/mol. The van der Waals surface area contributed by atoms with E-state index in [9.17, 15) is 9.18 Å². The van der Waals surface area contributed by atoms with Crippen molar-refractivity contribution < 1.29 is 9.18 Å². The van der Waals surface area contributed by atoms with E-state index in [4.69, 9.17) is 5.73 Å². The zero-order chi connectivity index (χ0) is 13.0. The van der Waals surface area contributed by atoms with E-state index in [1.807, 2.05) is 0 Å². The van der Waals surface area contributed by atoms with Crippen molar-refractivity contribution in [2.24, 2.45) is 0 Å². The third-order valence-electron chi connectivity index (χ3n) is 2.01. The Morgan fingerprint density at radius 1 is 1.56 bits per heavy atom. The lowest BCUT2D eigenvalue weighted by Crippen LogP contribution is -2.13. The molecule has 4 nitrogen and oxygen atoms in total. The van der Waals surface area contributed by atoms with Gasteiger partial charge < -0.3 is 11.1 Å². The molecule has 0 aliphatic heterocycles. The van der Waals surface area contributed by atoms with Gasteiger partial charge in [-0.25, -0.2) is 9.37 Å². The van der Waals surface area contributed by atoms with Crippen molar-refractivity contribution in [2.45, 2.75) is 4.90 Å². The van der Waals surface area contributed by atoms with Crippen LogP contribution in [0.2, 0.25) is 0 Å². The van der Waals surface area contributed by atoms with Gasteiger partial charge in [0.2, 0.25) is 5.91 Å². The van der Waals surface area contributed by atoms with Gasteiger partial charge in [-0.05, 0) is 18.2 Å². The summed E-state index contributed by atoms with van der Waals surface area (Å²) >= 11 is 2.61. The lowest BCUT2D eigenvalue weighted by Gasteiger charge is -2.05. The topological polar surface area (TPSA) is 68.0 Å². The highest BCUT2D eigenvalue weighted by Gasteiger charge is 2.07. The van der Waals surface area contributed by atoms with Crippen molar-refractivity contribution in [3.8, 4) is 0 Å². The third-order valence-corrected chi connectivity index (χ3v) is 3.79. The first kappa shape index (κ1) is 12.8. The molecular formula is C11H10FN3OS2. The van der Waals surface area contributed by atoms with Gasteiger partial charge in [0, 0.05) is 22.2 Å². The third kappa shape index (κ3) is 3.44. The molecule has 2 rings (SSSR count). The Hall–Kier alpha value is -1.60. The number of amides is 1. The van der Waals surface area contributed by atoms with Crippen molar-refractivity contribution in [3.05, 3.63) is 35.6 Å². The minimum atomic E-state index is -0.385. The van der Waals surface area contributed by atoms with Crippen molar-refractivity contribution >= 4 is 39.8 Å². The van der Waals surface area contributed by atoms with Crippen LogP contribution in [0, 0.1) is 5.82 Å². The first-order valence-electron chi connectivity index (χ1n) is 5.02. The fraction of sp³-hybridized carbons (Fsp3) is 0.0909. The van der Waals surface area contributed by atoms with E-state index in [1.54, 1.807) is 17.6 Å². The van der Waals surface area contributed by atoms with Crippen LogP contribution in [0.4, 0.5) is 15.2 Å². The number of thioether (sulfide) groups is 1. The maximum atomic E-state index is 12.8. The molecule has 94 valence electrons. The molecule has 0 unspecified atom stereocenters. The second kappa shape index (κ2) is 5.83. The minimum absolute atomic E-state index is 0.168. The number of nitrogens with one attached hydrogen (secondary N) is 1. The maximum absolute atomic E-state index is 12.8. The molecule has 1 amide bonds. The number of anilines is 2. The molecule has 1 aromatic heterocycles. The van der Waals surface area contributed by atoms with Gasteiger partial charge in [0.05, 0.1) is 5.75 Å². The normalized spacial score (nSPS) is 10.3. The zero-order valence-electron chi connectivity index (χ0n) is 9.22. The molecule has 18 heavy (non-hydrogen) atoms. The summed E-state index contributed by atoms with van der Waals surface area (Å²) in [5.74, 6) is -0.349. The molecule has 0 radical (unpaired) electrons. The molecule has 0 bridgehead atoms. The van der Waals surface area contributed by atoms with Gasteiger partial charge in [0.1, 0.15) is 5.82 Å². The highest BCUT2D eigenvalue weighted by molar-refractivity contribution is 8.00.